The minimum atomic E-state index is 0.272. The summed E-state index contributed by atoms with van der Waals surface area (Å²) in [5, 5.41) is 5.51. The van der Waals surface area contributed by atoms with Crippen LogP contribution in [0.15, 0.2) is 40.2 Å². The maximum absolute atomic E-state index is 5.72. The third-order valence-electron chi connectivity index (χ3n) is 2.97. The molecule has 1 unspecified atom stereocenters. The molecule has 0 aliphatic rings. The van der Waals surface area contributed by atoms with Crippen LogP contribution in [0.5, 0.6) is 5.75 Å². The fourth-order valence-corrected chi connectivity index (χ4v) is 3.58. The summed E-state index contributed by atoms with van der Waals surface area (Å²) in [6, 6.07) is 10.7. The molecule has 1 aromatic heterocycles. The molecule has 102 valence electrons. The van der Waals surface area contributed by atoms with Crippen LogP contribution in [-0.2, 0) is 6.42 Å². The predicted octanol–water partition coefficient (Wildman–Crippen LogP) is 4.41. The van der Waals surface area contributed by atoms with Crippen LogP contribution in [0.25, 0.3) is 0 Å². The van der Waals surface area contributed by atoms with Crippen LogP contribution in [0.1, 0.15) is 23.4 Å². The maximum Gasteiger partial charge on any atom is 0.124 e. The lowest BCUT2D eigenvalue weighted by molar-refractivity contribution is 0.332. The molecule has 0 bridgehead atoms. The highest BCUT2D eigenvalue weighted by Crippen LogP contribution is 2.30. The van der Waals surface area contributed by atoms with E-state index < -0.39 is 0 Å². The molecular weight excluding hydrogens is 322 g/mol. The molecule has 1 N–H and O–H groups in total. The first-order valence-electron chi connectivity index (χ1n) is 6.36. The number of thiophene rings is 1. The monoisotopic (exact) mass is 339 g/mol. The Morgan fingerprint density at radius 2 is 2.16 bits per heavy atom. The van der Waals surface area contributed by atoms with E-state index in [2.05, 4.69) is 44.8 Å². The summed E-state index contributed by atoms with van der Waals surface area (Å²) in [7, 11) is 2.00. The molecule has 0 radical (unpaired) electrons. The van der Waals surface area contributed by atoms with Crippen molar-refractivity contribution in [3.05, 3.63) is 50.6 Å². The fraction of sp³-hybridized carbons (Fsp3) is 0.333. The fourth-order valence-electron chi connectivity index (χ4n) is 2.08. The Balaban J connectivity index is 2.21. The molecule has 0 spiro atoms. The van der Waals surface area contributed by atoms with Crippen molar-refractivity contribution in [2.45, 2.75) is 19.4 Å². The summed E-state index contributed by atoms with van der Waals surface area (Å²) in [5.74, 6) is 0.972. The van der Waals surface area contributed by atoms with Crippen LogP contribution >= 0.6 is 27.3 Å². The summed E-state index contributed by atoms with van der Waals surface area (Å²) in [6.45, 7) is 2.71. The Morgan fingerprint density at radius 1 is 1.37 bits per heavy atom. The van der Waals surface area contributed by atoms with Gasteiger partial charge in [0.25, 0.3) is 0 Å². The smallest absolute Gasteiger partial charge is 0.124 e. The summed E-state index contributed by atoms with van der Waals surface area (Å²) < 4.78 is 6.87. The molecule has 1 atom stereocenters. The minimum absolute atomic E-state index is 0.272. The van der Waals surface area contributed by atoms with Crippen molar-refractivity contribution in [1.29, 1.82) is 0 Å². The first kappa shape index (κ1) is 14.6. The summed E-state index contributed by atoms with van der Waals surface area (Å²) in [4.78, 5) is 1.36. The van der Waals surface area contributed by atoms with Crippen LogP contribution in [0.3, 0.4) is 0 Å². The van der Waals surface area contributed by atoms with E-state index in [0.717, 1.165) is 16.6 Å². The molecule has 0 fully saturated rings. The molecule has 1 heterocycles. The molecular formula is C15H18BrNOS. The average molecular weight is 340 g/mol. The van der Waals surface area contributed by atoms with Crippen LogP contribution < -0.4 is 10.1 Å². The van der Waals surface area contributed by atoms with E-state index in [4.69, 9.17) is 4.74 Å². The number of para-hydroxylation sites is 1. The number of benzene rings is 1. The Labute approximate surface area is 126 Å². The lowest BCUT2D eigenvalue weighted by Gasteiger charge is -2.19. The highest BCUT2D eigenvalue weighted by atomic mass is 79.9. The van der Waals surface area contributed by atoms with Gasteiger partial charge in [0.2, 0.25) is 0 Å². The topological polar surface area (TPSA) is 21.3 Å². The Hall–Kier alpha value is -0.840. The normalized spacial score (nSPS) is 12.4. The van der Waals surface area contributed by atoms with Gasteiger partial charge < -0.3 is 10.1 Å². The number of hydrogen-bond acceptors (Lipinski definition) is 3. The van der Waals surface area contributed by atoms with Crippen molar-refractivity contribution >= 4 is 27.3 Å². The van der Waals surface area contributed by atoms with Crippen LogP contribution in [0.4, 0.5) is 0 Å². The van der Waals surface area contributed by atoms with E-state index in [0.29, 0.717) is 6.61 Å². The number of halogens is 1. The second-order valence-electron chi connectivity index (χ2n) is 4.25. The lowest BCUT2D eigenvalue weighted by atomic mass is 10.0. The Bertz CT molecular complexity index is 526. The Kier molecular flexibility index (Phi) is 5.43. The maximum atomic E-state index is 5.72. The molecule has 19 heavy (non-hydrogen) atoms. The SMILES string of the molecule is CCOc1ccccc1C(Cc1cc(Br)cs1)NC. The molecule has 1 aromatic carbocycles. The van der Waals surface area contributed by atoms with Gasteiger partial charge in [-0.1, -0.05) is 18.2 Å². The second-order valence-corrected chi connectivity index (χ2v) is 6.16. The number of ether oxygens (including phenoxy) is 1. The van der Waals surface area contributed by atoms with E-state index in [1.807, 2.05) is 26.1 Å². The van der Waals surface area contributed by atoms with E-state index in [-0.39, 0.29) is 6.04 Å². The van der Waals surface area contributed by atoms with Crippen LogP contribution in [0.2, 0.25) is 0 Å². The third-order valence-corrected chi connectivity index (χ3v) is 4.69. The van der Waals surface area contributed by atoms with Crippen molar-refractivity contribution < 1.29 is 4.74 Å². The van der Waals surface area contributed by atoms with Gasteiger partial charge in [-0.2, -0.15) is 0 Å². The molecule has 0 saturated heterocycles. The van der Waals surface area contributed by atoms with Crippen LogP contribution in [0, 0.1) is 0 Å². The van der Waals surface area contributed by atoms with Gasteiger partial charge in [0.1, 0.15) is 5.75 Å². The zero-order valence-corrected chi connectivity index (χ0v) is 13.6. The van der Waals surface area contributed by atoms with Gasteiger partial charge in [-0.25, -0.2) is 0 Å². The van der Waals surface area contributed by atoms with Gasteiger partial charge in [-0.15, -0.1) is 11.3 Å². The van der Waals surface area contributed by atoms with E-state index >= 15 is 0 Å². The highest BCUT2D eigenvalue weighted by molar-refractivity contribution is 9.10. The van der Waals surface area contributed by atoms with E-state index in [9.17, 15) is 0 Å². The molecule has 4 heteroatoms. The zero-order valence-electron chi connectivity index (χ0n) is 11.2. The summed E-state index contributed by atoms with van der Waals surface area (Å²) >= 11 is 5.28. The van der Waals surface area contributed by atoms with Crippen molar-refractivity contribution in [1.82, 2.24) is 5.32 Å². The van der Waals surface area contributed by atoms with E-state index in [1.165, 1.54) is 10.4 Å². The van der Waals surface area contributed by atoms with Gasteiger partial charge in [0, 0.05) is 32.8 Å². The first-order valence-corrected chi connectivity index (χ1v) is 8.03. The molecule has 0 aliphatic heterocycles. The molecule has 0 aliphatic carbocycles. The predicted molar refractivity (Wildman–Crippen MR) is 85.1 cm³/mol. The summed E-state index contributed by atoms with van der Waals surface area (Å²) in [5.41, 5.74) is 1.22. The third kappa shape index (κ3) is 3.81. The lowest BCUT2D eigenvalue weighted by Crippen LogP contribution is -2.19. The van der Waals surface area contributed by atoms with Gasteiger partial charge in [-0.05, 0) is 42.0 Å². The van der Waals surface area contributed by atoms with Gasteiger partial charge in [0.05, 0.1) is 6.61 Å². The first-order chi connectivity index (χ1) is 9.24. The molecule has 2 aromatic rings. The average Bonchev–Trinajstić information content (AvgIpc) is 2.83. The molecule has 0 amide bonds. The molecule has 2 nitrogen and oxygen atoms in total. The van der Waals surface area contributed by atoms with Crippen molar-refractivity contribution in [2.75, 3.05) is 13.7 Å². The standard InChI is InChI=1S/C15H18BrNOS/c1-3-18-15-7-5-4-6-13(15)14(17-2)9-12-8-11(16)10-19-12/h4-8,10,14,17H,3,9H2,1-2H3. The van der Waals surface area contributed by atoms with Crippen molar-refractivity contribution in [3.8, 4) is 5.75 Å². The largest absolute Gasteiger partial charge is 0.494 e. The quantitative estimate of drug-likeness (QED) is 0.841. The van der Waals surface area contributed by atoms with E-state index in [1.54, 1.807) is 11.3 Å². The highest BCUT2D eigenvalue weighted by Gasteiger charge is 2.15. The van der Waals surface area contributed by atoms with Crippen LogP contribution in [-0.4, -0.2) is 13.7 Å². The zero-order chi connectivity index (χ0) is 13.7. The van der Waals surface area contributed by atoms with Crippen molar-refractivity contribution in [2.24, 2.45) is 0 Å². The minimum Gasteiger partial charge on any atom is -0.494 e. The molecule has 2 rings (SSSR count). The number of hydrogen-bond donors (Lipinski definition) is 1. The number of nitrogens with one attached hydrogen (secondary N) is 1. The Morgan fingerprint density at radius 3 is 2.79 bits per heavy atom. The second kappa shape index (κ2) is 7.08. The number of rotatable bonds is 6. The van der Waals surface area contributed by atoms with Gasteiger partial charge in [0.15, 0.2) is 0 Å². The van der Waals surface area contributed by atoms with Gasteiger partial charge >= 0.3 is 0 Å². The van der Waals surface area contributed by atoms with Crippen molar-refractivity contribution in [3.63, 3.8) is 0 Å². The summed E-state index contributed by atoms with van der Waals surface area (Å²) in [6.07, 6.45) is 0.969. The molecule has 0 saturated carbocycles. The van der Waals surface area contributed by atoms with Gasteiger partial charge in [-0.3, -0.25) is 0 Å². The number of likely N-dealkylation sites (N-methyl/N-ethyl adjacent to an activating group) is 1.